The van der Waals surface area contributed by atoms with Crippen LogP contribution in [0.15, 0.2) is 50.9 Å². The predicted molar refractivity (Wildman–Crippen MR) is 95.5 cm³/mol. The number of benzene rings is 1. The van der Waals surface area contributed by atoms with Crippen LogP contribution in [0.1, 0.15) is 19.3 Å². The van der Waals surface area contributed by atoms with Gasteiger partial charge in [0.2, 0.25) is 5.95 Å². The van der Waals surface area contributed by atoms with Crippen molar-refractivity contribution in [1.29, 1.82) is 0 Å². The lowest BCUT2D eigenvalue weighted by Crippen LogP contribution is -2.46. The van der Waals surface area contributed by atoms with E-state index in [9.17, 15) is 5.11 Å². The number of aliphatic hydroxyl groups excluding tert-OH is 1. The number of nitrogens with two attached hydrogens (primary N) is 1. The molecule has 0 radical (unpaired) electrons. The quantitative estimate of drug-likeness (QED) is 0.738. The van der Waals surface area contributed by atoms with Gasteiger partial charge in [0, 0.05) is 38.7 Å². The molecule has 0 aliphatic heterocycles. The highest BCUT2D eigenvalue weighted by atomic mass is 79.9. The van der Waals surface area contributed by atoms with Crippen molar-refractivity contribution in [3.63, 3.8) is 0 Å². The number of rotatable bonds is 4. The molecule has 1 saturated carbocycles. The molecule has 1 aliphatic rings. The molecule has 1 aromatic carbocycles. The lowest BCUT2D eigenvalue weighted by molar-refractivity contribution is 0.115. The molecule has 0 amide bonds. The Labute approximate surface area is 148 Å². The van der Waals surface area contributed by atoms with E-state index in [-0.39, 0.29) is 18.2 Å². The minimum atomic E-state index is -0.284. The molecule has 1 aromatic heterocycles. The van der Waals surface area contributed by atoms with Crippen molar-refractivity contribution in [2.45, 2.75) is 47.2 Å². The van der Waals surface area contributed by atoms with Crippen LogP contribution in [0.3, 0.4) is 0 Å². The number of aromatic nitrogens is 2. The summed E-state index contributed by atoms with van der Waals surface area (Å²) in [6, 6.07) is 8.17. The number of nitrogens with one attached hydrogen (secondary N) is 1. The first-order valence-corrected chi connectivity index (χ1v) is 9.17. The largest absolute Gasteiger partial charge is 0.393 e. The van der Waals surface area contributed by atoms with Crippen LogP contribution in [-0.4, -0.2) is 33.3 Å². The molecule has 0 bridgehead atoms. The Balaban J connectivity index is 1.59. The van der Waals surface area contributed by atoms with Crippen molar-refractivity contribution < 1.29 is 5.11 Å². The van der Waals surface area contributed by atoms with Crippen molar-refractivity contribution in [2.75, 3.05) is 5.32 Å². The highest BCUT2D eigenvalue weighted by Crippen LogP contribution is 2.28. The fourth-order valence-corrected chi connectivity index (χ4v) is 3.63. The zero-order valence-corrected chi connectivity index (χ0v) is 14.9. The first-order valence-electron chi connectivity index (χ1n) is 7.56. The molecule has 1 heterocycles. The van der Waals surface area contributed by atoms with Crippen LogP contribution in [0.5, 0.6) is 0 Å². The van der Waals surface area contributed by atoms with Gasteiger partial charge in [0.1, 0.15) is 0 Å². The number of nitrogens with zero attached hydrogens (tertiary/aromatic N) is 2. The molecule has 23 heavy (non-hydrogen) atoms. The van der Waals surface area contributed by atoms with E-state index in [0.29, 0.717) is 12.4 Å². The van der Waals surface area contributed by atoms with E-state index in [2.05, 4.69) is 31.2 Å². The van der Waals surface area contributed by atoms with Gasteiger partial charge < -0.3 is 16.2 Å². The van der Waals surface area contributed by atoms with Gasteiger partial charge in [-0.1, -0.05) is 27.7 Å². The Kier molecular flexibility index (Phi) is 5.53. The fourth-order valence-electron chi connectivity index (χ4n) is 2.61. The van der Waals surface area contributed by atoms with Crippen molar-refractivity contribution in [2.24, 2.45) is 5.73 Å². The average molecular weight is 395 g/mol. The lowest BCUT2D eigenvalue weighted by atomic mass is 9.89. The summed E-state index contributed by atoms with van der Waals surface area (Å²) in [5.41, 5.74) is 6.08. The smallest absolute Gasteiger partial charge is 0.222 e. The minimum Gasteiger partial charge on any atom is -0.393 e. The number of hydrogen-bond donors (Lipinski definition) is 3. The van der Waals surface area contributed by atoms with E-state index in [4.69, 9.17) is 5.73 Å². The molecule has 1 aliphatic carbocycles. The van der Waals surface area contributed by atoms with Gasteiger partial charge >= 0.3 is 0 Å². The van der Waals surface area contributed by atoms with Crippen LogP contribution in [0, 0.1) is 0 Å². The standard InChI is InChI=1S/C16H19BrN4OS/c17-10-1-4-12(5-2-10)23-13-8-19-16(20-9-13)21-15-6-3-11(22)7-14(15)18/h1-2,4-5,8-9,11,14-15,22H,3,6-7,18H2,(H,19,20,21). The van der Waals surface area contributed by atoms with Gasteiger partial charge in [-0.15, -0.1) is 0 Å². The average Bonchev–Trinajstić information content (AvgIpc) is 2.54. The molecular formula is C16H19BrN4OS. The second-order valence-electron chi connectivity index (χ2n) is 5.68. The topological polar surface area (TPSA) is 84.1 Å². The van der Waals surface area contributed by atoms with Gasteiger partial charge in [-0.05, 0) is 43.5 Å². The van der Waals surface area contributed by atoms with Crippen LogP contribution in [0.2, 0.25) is 0 Å². The van der Waals surface area contributed by atoms with Gasteiger partial charge in [0.05, 0.1) is 6.10 Å². The molecular weight excluding hydrogens is 376 g/mol. The third-order valence-electron chi connectivity index (χ3n) is 3.86. The SMILES string of the molecule is NC1CC(O)CCC1Nc1ncc(Sc2ccc(Br)cc2)cn1. The zero-order chi connectivity index (χ0) is 16.2. The van der Waals surface area contributed by atoms with E-state index in [1.54, 1.807) is 11.8 Å². The highest BCUT2D eigenvalue weighted by Gasteiger charge is 2.27. The Hall–Kier alpha value is -1.15. The molecule has 122 valence electrons. The molecule has 3 atom stereocenters. The number of aliphatic hydroxyl groups is 1. The molecule has 7 heteroatoms. The van der Waals surface area contributed by atoms with Crippen molar-refractivity contribution >= 4 is 33.6 Å². The maximum absolute atomic E-state index is 9.61. The van der Waals surface area contributed by atoms with E-state index in [1.165, 1.54) is 0 Å². The summed E-state index contributed by atoms with van der Waals surface area (Å²) in [5.74, 6) is 0.585. The number of anilines is 1. The molecule has 2 aromatic rings. The second-order valence-corrected chi connectivity index (χ2v) is 7.74. The van der Waals surface area contributed by atoms with Gasteiger partial charge in [-0.3, -0.25) is 0 Å². The maximum Gasteiger partial charge on any atom is 0.222 e. The minimum absolute atomic E-state index is 0.0702. The Morgan fingerprint density at radius 3 is 2.48 bits per heavy atom. The van der Waals surface area contributed by atoms with Crippen molar-refractivity contribution in [1.82, 2.24) is 9.97 Å². The summed E-state index contributed by atoms with van der Waals surface area (Å²) in [7, 11) is 0. The molecule has 4 N–H and O–H groups in total. The van der Waals surface area contributed by atoms with Crippen molar-refractivity contribution in [3.8, 4) is 0 Å². The Morgan fingerprint density at radius 1 is 1.13 bits per heavy atom. The maximum atomic E-state index is 9.61. The normalized spacial score (nSPS) is 24.4. The van der Waals surface area contributed by atoms with Crippen LogP contribution in [0.25, 0.3) is 0 Å². The number of hydrogen-bond acceptors (Lipinski definition) is 6. The van der Waals surface area contributed by atoms with Crippen LogP contribution in [-0.2, 0) is 0 Å². The zero-order valence-electron chi connectivity index (χ0n) is 12.5. The molecule has 3 unspecified atom stereocenters. The number of halogens is 1. The van der Waals surface area contributed by atoms with E-state index >= 15 is 0 Å². The fraction of sp³-hybridized carbons (Fsp3) is 0.375. The molecule has 0 saturated heterocycles. The van der Waals surface area contributed by atoms with E-state index < -0.39 is 0 Å². The van der Waals surface area contributed by atoms with Gasteiger partial charge in [-0.25, -0.2) is 9.97 Å². The molecule has 1 fully saturated rings. The van der Waals surface area contributed by atoms with E-state index in [1.807, 2.05) is 36.7 Å². The summed E-state index contributed by atoms with van der Waals surface area (Å²) in [4.78, 5) is 10.9. The van der Waals surface area contributed by atoms with Gasteiger partial charge in [-0.2, -0.15) is 0 Å². The summed E-state index contributed by atoms with van der Waals surface area (Å²) >= 11 is 5.05. The molecule has 3 rings (SSSR count). The monoisotopic (exact) mass is 394 g/mol. The Bertz CT molecular complexity index is 638. The van der Waals surface area contributed by atoms with Crippen LogP contribution >= 0.6 is 27.7 Å². The Morgan fingerprint density at radius 2 is 1.83 bits per heavy atom. The molecule has 0 spiro atoms. The molecule has 5 nitrogen and oxygen atoms in total. The van der Waals surface area contributed by atoms with Crippen LogP contribution in [0.4, 0.5) is 5.95 Å². The van der Waals surface area contributed by atoms with Crippen molar-refractivity contribution in [3.05, 3.63) is 41.1 Å². The third-order valence-corrected chi connectivity index (χ3v) is 5.35. The lowest BCUT2D eigenvalue weighted by Gasteiger charge is -2.32. The van der Waals surface area contributed by atoms with E-state index in [0.717, 1.165) is 27.1 Å². The third kappa shape index (κ3) is 4.67. The van der Waals surface area contributed by atoms with Gasteiger partial charge in [0.25, 0.3) is 0 Å². The second kappa shape index (κ2) is 7.61. The predicted octanol–water partition coefficient (Wildman–Crippen LogP) is 3.04. The highest BCUT2D eigenvalue weighted by molar-refractivity contribution is 9.10. The summed E-state index contributed by atoms with van der Waals surface area (Å²) in [6.07, 6.45) is 5.56. The van der Waals surface area contributed by atoms with Crippen LogP contribution < -0.4 is 11.1 Å². The first-order chi connectivity index (χ1) is 11.1. The summed E-state index contributed by atoms with van der Waals surface area (Å²) in [6.45, 7) is 0. The van der Waals surface area contributed by atoms with Gasteiger partial charge in [0.15, 0.2) is 0 Å². The summed E-state index contributed by atoms with van der Waals surface area (Å²) < 4.78 is 1.06. The first kappa shape index (κ1) is 16.7. The summed E-state index contributed by atoms with van der Waals surface area (Å²) in [5, 5.41) is 12.9.